The SMILES string of the molecule is C[C@@H](C(=O)N[C@H]1CSSC[C@@H](C(=O)N[C@H](C(N)=O)[C@@H](C)O)NC(=O)[C@H]([C@@H](C)O)NC(=O)[C@H](CCCCN)NC(=O)[C@H](Cc2ccccc2)NC1=O)c1cncc2ccccc12. The van der Waals surface area contributed by atoms with Gasteiger partial charge in [-0.25, -0.2) is 0 Å². The van der Waals surface area contributed by atoms with Gasteiger partial charge < -0.3 is 53.6 Å². The molecule has 330 valence electrons. The Kier molecular flexibility index (Phi) is 18.8. The number of benzene rings is 2. The van der Waals surface area contributed by atoms with Gasteiger partial charge in [0.05, 0.1) is 18.1 Å². The maximum atomic E-state index is 14.3. The maximum absolute atomic E-state index is 14.3. The second-order valence-corrected chi connectivity index (χ2v) is 17.4. The average molecular weight is 882 g/mol. The zero-order valence-electron chi connectivity index (χ0n) is 34.2. The largest absolute Gasteiger partial charge is 0.391 e. The number of primary amides is 1. The molecule has 3 aromatic rings. The Bertz CT molecular complexity index is 2000. The molecule has 1 aliphatic rings. The molecule has 0 bridgehead atoms. The molecule has 0 radical (unpaired) electrons. The molecular weight excluding hydrogens is 827 g/mol. The molecule has 0 aliphatic carbocycles. The van der Waals surface area contributed by atoms with E-state index in [0.29, 0.717) is 30.5 Å². The lowest BCUT2D eigenvalue weighted by atomic mass is 9.96. The van der Waals surface area contributed by atoms with E-state index in [9.17, 15) is 43.8 Å². The van der Waals surface area contributed by atoms with Crippen molar-refractivity contribution < 1.29 is 43.8 Å². The highest BCUT2D eigenvalue weighted by atomic mass is 33.1. The fourth-order valence-corrected chi connectivity index (χ4v) is 8.82. The van der Waals surface area contributed by atoms with Gasteiger partial charge in [0.1, 0.15) is 36.3 Å². The fourth-order valence-electron chi connectivity index (χ4n) is 6.49. The first kappa shape index (κ1) is 48.4. The summed E-state index contributed by atoms with van der Waals surface area (Å²) in [6, 6.07) is 7.94. The van der Waals surface area contributed by atoms with Crippen LogP contribution >= 0.6 is 21.6 Å². The van der Waals surface area contributed by atoms with E-state index < -0.39 is 95.7 Å². The summed E-state index contributed by atoms with van der Waals surface area (Å²) in [5.41, 5.74) is 12.4. The number of amides is 7. The molecule has 1 aromatic heterocycles. The molecule has 7 amide bonds. The molecule has 0 unspecified atom stereocenters. The summed E-state index contributed by atoms with van der Waals surface area (Å²) >= 11 is 0. The second kappa shape index (κ2) is 23.6. The maximum Gasteiger partial charge on any atom is 0.245 e. The molecule has 4 rings (SSSR count). The van der Waals surface area contributed by atoms with Crippen LogP contribution in [0.15, 0.2) is 67.0 Å². The monoisotopic (exact) mass is 881 g/mol. The topological polar surface area (TPSA) is 297 Å². The first-order chi connectivity index (χ1) is 29.1. The number of aromatic nitrogens is 1. The van der Waals surface area contributed by atoms with Gasteiger partial charge >= 0.3 is 0 Å². The first-order valence-electron chi connectivity index (χ1n) is 19.9. The molecule has 1 saturated heterocycles. The van der Waals surface area contributed by atoms with Crippen LogP contribution in [0.25, 0.3) is 10.8 Å². The van der Waals surface area contributed by atoms with Gasteiger partial charge in [-0.3, -0.25) is 38.5 Å². The first-order valence-corrected chi connectivity index (χ1v) is 22.4. The second-order valence-electron chi connectivity index (χ2n) is 14.8. The van der Waals surface area contributed by atoms with Crippen LogP contribution < -0.4 is 43.4 Å². The fraction of sp³-hybridized carbons (Fsp3) is 0.463. The molecule has 1 fully saturated rings. The van der Waals surface area contributed by atoms with Gasteiger partial charge in [-0.1, -0.05) is 76.2 Å². The summed E-state index contributed by atoms with van der Waals surface area (Å²) in [7, 11) is 2.09. The number of fused-ring (bicyclic) bond motifs is 1. The molecule has 20 heteroatoms. The smallest absolute Gasteiger partial charge is 0.245 e. The lowest BCUT2D eigenvalue weighted by Crippen LogP contribution is -2.62. The van der Waals surface area contributed by atoms with Crippen LogP contribution in [0, 0.1) is 0 Å². The third-order valence-electron chi connectivity index (χ3n) is 10.0. The van der Waals surface area contributed by atoms with Gasteiger partial charge in [-0.2, -0.15) is 0 Å². The number of hydrogen-bond donors (Lipinski definition) is 10. The summed E-state index contributed by atoms with van der Waals surface area (Å²) in [6.07, 6.45) is 1.32. The molecule has 1 aliphatic heterocycles. The van der Waals surface area contributed by atoms with E-state index in [1.54, 1.807) is 49.6 Å². The number of nitrogens with two attached hydrogens (primary N) is 2. The van der Waals surface area contributed by atoms with E-state index in [2.05, 4.69) is 36.9 Å². The number of pyridine rings is 1. The van der Waals surface area contributed by atoms with Crippen LogP contribution in [0.3, 0.4) is 0 Å². The third-order valence-corrected chi connectivity index (χ3v) is 12.4. The third kappa shape index (κ3) is 14.1. The van der Waals surface area contributed by atoms with Crippen molar-refractivity contribution in [2.75, 3.05) is 18.1 Å². The van der Waals surface area contributed by atoms with Gasteiger partial charge in [0, 0.05) is 35.7 Å². The van der Waals surface area contributed by atoms with E-state index in [-0.39, 0.29) is 24.3 Å². The van der Waals surface area contributed by atoms with Crippen LogP contribution in [0.2, 0.25) is 0 Å². The summed E-state index contributed by atoms with van der Waals surface area (Å²) in [6.45, 7) is 4.46. The summed E-state index contributed by atoms with van der Waals surface area (Å²) in [5, 5.41) is 38.1. The van der Waals surface area contributed by atoms with E-state index in [4.69, 9.17) is 11.5 Å². The normalized spacial score (nSPS) is 22.8. The van der Waals surface area contributed by atoms with Crippen molar-refractivity contribution in [3.63, 3.8) is 0 Å². The summed E-state index contributed by atoms with van der Waals surface area (Å²) in [5.74, 6) is -6.80. The van der Waals surface area contributed by atoms with Gasteiger partial charge in [-0.15, -0.1) is 0 Å². The van der Waals surface area contributed by atoms with Crippen molar-refractivity contribution in [1.29, 1.82) is 0 Å². The number of carbonyl (C=O) groups excluding carboxylic acids is 7. The highest BCUT2D eigenvalue weighted by Gasteiger charge is 2.36. The lowest BCUT2D eigenvalue weighted by Gasteiger charge is -2.28. The number of aliphatic hydroxyl groups excluding tert-OH is 2. The zero-order chi connectivity index (χ0) is 44.6. The Labute approximate surface area is 361 Å². The van der Waals surface area contributed by atoms with Crippen molar-refractivity contribution in [3.8, 4) is 0 Å². The molecule has 61 heavy (non-hydrogen) atoms. The van der Waals surface area contributed by atoms with E-state index >= 15 is 0 Å². The Morgan fingerprint density at radius 1 is 0.820 bits per heavy atom. The molecule has 18 nitrogen and oxygen atoms in total. The number of unbranched alkanes of at least 4 members (excludes halogenated alkanes) is 1. The summed E-state index contributed by atoms with van der Waals surface area (Å²) < 4.78 is 0. The van der Waals surface area contributed by atoms with Crippen LogP contribution in [0.5, 0.6) is 0 Å². The quantitative estimate of drug-likeness (QED) is 0.0706. The number of nitrogens with one attached hydrogen (secondary N) is 6. The molecule has 9 atom stereocenters. The minimum Gasteiger partial charge on any atom is -0.391 e. The van der Waals surface area contributed by atoms with Crippen LogP contribution in [0.4, 0.5) is 0 Å². The van der Waals surface area contributed by atoms with Crippen LogP contribution in [0.1, 0.15) is 57.1 Å². The van der Waals surface area contributed by atoms with Crippen molar-refractivity contribution >= 4 is 73.7 Å². The van der Waals surface area contributed by atoms with Crippen molar-refractivity contribution in [2.45, 2.75) is 101 Å². The predicted octanol–water partition coefficient (Wildman–Crippen LogP) is -0.739. The zero-order valence-corrected chi connectivity index (χ0v) is 35.8. The van der Waals surface area contributed by atoms with Gasteiger partial charge in [-0.05, 0) is 63.1 Å². The van der Waals surface area contributed by atoms with Crippen LogP contribution in [-0.2, 0) is 40.0 Å². The Hall–Kier alpha value is -5.28. The molecule has 2 heterocycles. The van der Waals surface area contributed by atoms with E-state index in [0.717, 1.165) is 32.4 Å². The molecular formula is C41H55N9O9S2. The number of rotatable bonds is 14. The Balaban J connectivity index is 1.73. The minimum absolute atomic E-state index is 0.00440. The minimum atomic E-state index is -1.62. The van der Waals surface area contributed by atoms with E-state index in [1.165, 1.54) is 13.8 Å². The van der Waals surface area contributed by atoms with Gasteiger partial charge in [0.15, 0.2) is 0 Å². The molecule has 0 saturated carbocycles. The number of hydrogen-bond acceptors (Lipinski definition) is 13. The highest BCUT2D eigenvalue weighted by Crippen LogP contribution is 2.27. The number of nitrogens with zero attached hydrogens (tertiary/aromatic N) is 1. The van der Waals surface area contributed by atoms with Gasteiger partial charge in [0.2, 0.25) is 41.4 Å². The van der Waals surface area contributed by atoms with Crippen LogP contribution in [-0.4, -0.2) is 123 Å². The lowest BCUT2D eigenvalue weighted by molar-refractivity contribution is -0.136. The van der Waals surface area contributed by atoms with Gasteiger partial charge in [0.25, 0.3) is 0 Å². The average Bonchev–Trinajstić information content (AvgIpc) is 3.23. The molecule has 2 aromatic carbocycles. The van der Waals surface area contributed by atoms with Crippen molar-refractivity contribution in [2.24, 2.45) is 11.5 Å². The number of aliphatic hydroxyl groups is 2. The highest BCUT2D eigenvalue weighted by molar-refractivity contribution is 8.76. The predicted molar refractivity (Wildman–Crippen MR) is 232 cm³/mol. The van der Waals surface area contributed by atoms with Crippen molar-refractivity contribution in [1.82, 2.24) is 36.9 Å². The summed E-state index contributed by atoms with van der Waals surface area (Å²) in [4.78, 5) is 100. The van der Waals surface area contributed by atoms with Crippen molar-refractivity contribution in [3.05, 3.63) is 78.1 Å². The molecule has 12 N–H and O–H groups in total. The molecule has 0 spiro atoms. The standard InChI is InChI=1S/C41H55N9O9S2/c1-22(28-19-44-18-26-13-7-8-14-27(26)28)36(54)47-31-20-60-61-21-32(40(58)49-33(23(2)51)35(43)53)48-41(59)34(24(3)52)50-37(55)29(15-9-10-16-42)45-38(56)30(46-39(31)57)17-25-11-5-4-6-12-25/h4-8,11-14,18-19,22-24,29-34,51-52H,9-10,15-17,20-21,42H2,1-3H3,(H2,43,53)(H,45,56)(H,46,57)(H,47,54)(H,48,59)(H,49,58)(H,50,55)/t22-,23-,24-,29+,30+,31+,32+,33+,34+/m1/s1. The Morgan fingerprint density at radius 2 is 1.48 bits per heavy atom. The number of carbonyl (C=O) groups is 7. The van der Waals surface area contributed by atoms with E-state index in [1.807, 2.05) is 24.3 Å². The Morgan fingerprint density at radius 3 is 2.15 bits per heavy atom.